The molecule has 0 atom stereocenters. The average molecular weight is 196 g/mol. The van der Waals surface area contributed by atoms with E-state index in [4.69, 9.17) is 4.42 Å². The van der Waals surface area contributed by atoms with E-state index in [1.165, 1.54) is 12.3 Å². The van der Waals surface area contributed by atoms with Gasteiger partial charge < -0.3 is 4.42 Å². The van der Waals surface area contributed by atoms with Crippen molar-refractivity contribution in [1.29, 1.82) is 0 Å². The second kappa shape index (κ2) is 2.95. The van der Waals surface area contributed by atoms with Crippen LogP contribution in [-0.2, 0) is 0 Å². The van der Waals surface area contributed by atoms with Gasteiger partial charge in [-0.15, -0.1) is 0 Å². The highest BCUT2D eigenvalue weighted by molar-refractivity contribution is 6.06. The first-order valence-electron chi connectivity index (χ1n) is 4.75. The quantitative estimate of drug-likeness (QED) is 0.517. The van der Waals surface area contributed by atoms with Crippen LogP contribution < -0.4 is 5.63 Å². The van der Waals surface area contributed by atoms with Crippen molar-refractivity contribution in [3.05, 3.63) is 59.1 Å². The van der Waals surface area contributed by atoms with E-state index in [1.807, 2.05) is 36.4 Å². The van der Waals surface area contributed by atoms with Crippen LogP contribution in [0.5, 0.6) is 0 Å². The topological polar surface area (TPSA) is 30.2 Å². The molecule has 0 amide bonds. The third-order valence-corrected chi connectivity index (χ3v) is 2.57. The van der Waals surface area contributed by atoms with Crippen LogP contribution >= 0.6 is 0 Å². The third kappa shape index (κ3) is 1.22. The number of benzene rings is 2. The number of rotatable bonds is 0. The maximum atomic E-state index is 11.2. The molecule has 0 aliphatic heterocycles. The van der Waals surface area contributed by atoms with Gasteiger partial charge >= 0.3 is 5.63 Å². The highest BCUT2D eigenvalue weighted by atomic mass is 16.4. The zero-order valence-electron chi connectivity index (χ0n) is 7.94. The summed E-state index contributed by atoms with van der Waals surface area (Å²) in [5.41, 5.74) is -0.307. The molecule has 3 rings (SSSR count). The van der Waals surface area contributed by atoms with Crippen LogP contribution in [0.2, 0.25) is 0 Å². The Balaban J connectivity index is 2.63. The minimum Gasteiger partial charge on any atom is -0.431 e. The van der Waals surface area contributed by atoms with Crippen LogP contribution in [0, 0.1) is 0 Å². The van der Waals surface area contributed by atoms with Crippen molar-refractivity contribution in [2.75, 3.05) is 0 Å². The van der Waals surface area contributed by atoms with E-state index >= 15 is 0 Å². The van der Waals surface area contributed by atoms with Gasteiger partial charge in [0, 0.05) is 11.5 Å². The zero-order chi connectivity index (χ0) is 10.3. The summed E-state index contributed by atoms with van der Waals surface area (Å²) in [6.45, 7) is 0. The predicted molar refractivity (Wildman–Crippen MR) is 60.0 cm³/mol. The summed E-state index contributed by atoms with van der Waals surface area (Å²) in [7, 11) is 0. The summed E-state index contributed by atoms with van der Waals surface area (Å²) < 4.78 is 4.83. The van der Waals surface area contributed by atoms with Crippen molar-refractivity contribution in [1.82, 2.24) is 0 Å². The van der Waals surface area contributed by atoms with Crippen LogP contribution in [0.4, 0.5) is 0 Å². The summed E-state index contributed by atoms with van der Waals surface area (Å²) in [5.74, 6) is 0. The molecule has 0 aliphatic carbocycles. The molecule has 0 saturated heterocycles. The minimum atomic E-state index is -0.307. The average Bonchev–Trinajstić information content (AvgIpc) is 2.29. The van der Waals surface area contributed by atoms with Gasteiger partial charge in [0.05, 0.1) is 0 Å². The summed E-state index contributed by atoms with van der Waals surface area (Å²) in [4.78, 5) is 11.2. The van der Waals surface area contributed by atoms with Gasteiger partial charge in [-0.1, -0.05) is 36.4 Å². The molecule has 0 spiro atoms. The van der Waals surface area contributed by atoms with Crippen LogP contribution in [0.3, 0.4) is 0 Å². The molecule has 0 unspecified atom stereocenters. The van der Waals surface area contributed by atoms with Gasteiger partial charge in [-0.25, -0.2) is 4.79 Å². The molecule has 0 fully saturated rings. The Morgan fingerprint density at radius 1 is 0.867 bits per heavy atom. The van der Waals surface area contributed by atoms with Crippen LogP contribution in [0.1, 0.15) is 0 Å². The predicted octanol–water partition coefficient (Wildman–Crippen LogP) is 2.95. The SMILES string of the molecule is O=c1cc2c(ccc3ccccc32)co1. The molecule has 3 aromatic rings. The fourth-order valence-corrected chi connectivity index (χ4v) is 1.85. The van der Waals surface area contributed by atoms with E-state index in [9.17, 15) is 4.79 Å². The Morgan fingerprint density at radius 3 is 2.60 bits per heavy atom. The molecule has 0 bridgehead atoms. The summed E-state index contributed by atoms with van der Waals surface area (Å²) in [5, 5.41) is 4.12. The largest absolute Gasteiger partial charge is 0.431 e. The number of hydrogen-bond donors (Lipinski definition) is 0. The second-order valence-electron chi connectivity index (χ2n) is 3.49. The van der Waals surface area contributed by atoms with Crippen molar-refractivity contribution in [3.63, 3.8) is 0 Å². The first-order chi connectivity index (χ1) is 7.34. The Bertz CT molecular complexity index is 695. The van der Waals surface area contributed by atoms with Gasteiger partial charge in [0.25, 0.3) is 0 Å². The van der Waals surface area contributed by atoms with E-state index < -0.39 is 0 Å². The van der Waals surface area contributed by atoms with Crippen LogP contribution in [0.25, 0.3) is 21.5 Å². The van der Waals surface area contributed by atoms with Crippen LogP contribution in [0.15, 0.2) is 57.9 Å². The first kappa shape index (κ1) is 8.24. The van der Waals surface area contributed by atoms with Gasteiger partial charge in [-0.2, -0.15) is 0 Å². The lowest BCUT2D eigenvalue weighted by Crippen LogP contribution is -1.94. The molecule has 0 N–H and O–H groups in total. The number of fused-ring (bicyclic) bond motifs is 3. The lowest BCUT2D eigenvalue weighted by atomic mass is 10.0. The molecule has 0 aliphatic rings. The normalized spacial score (nSPS) is 10.9. The molecule has 2 nitrogen and oxygen atoms in total. The first-order valence-corrected chi connectivity index (χ1v) is 4.75. The fraction of sp³-hybridized carbons (Fsp3) is 0. The molecule has 15 heavy (non-hydrogen) atoms. The lowest BCUT2D eigenvalue weighted by molar-refractivity contribution is 0.518. The third-order valence-electron chi connectivity index (χ3n) is 2.57. The van der Waals surface area contributed by atoms with E-state index in [-0.39, 0.29) is 5.63 Å². The lowest BCUT2D eigenvalue weighted by Gasteiger charge is -2.01. The highest BCUT2D eigenvalue weighted by Crippen LogP contribution is 2.23. The Kier molecular flexibility index (Phi) is 1.62. The Morgan fingerprint density at radius 2 is 1.67 bits per heavy atom. The van der Waals surface area contributed by atoms with E-state index in [2.05, 4.69) is 0 Å². The molecule has 0 saturated carbocycles. The van der Waals surface area contributed by atoms with E-state index in [0.29, 0.717) is 0 Å². The second-order valence-corrected chi connectivity index (χ2v) is 3.49. The zero-order valence-corrected chi connectivity index (χ0v) is 7.94. The highest BCUT2D eigenvalue weighted by Gasteiger charge is 2.00. The maximum Gasteiger partial charge on any atom is 0.336 e. The smallest absolute Gasteiger partial charge is 0.336 e. The molecule has 2 aromatic carbocycles. The molecule has 72 valence electrons. The van der Waals surface area contributed by atoms with Crippen molar-refractivity contribution in [2.24, 2.45) is 0 Å². The van der Waals surface area contributed by atoms with Gasteiger partial charge in [0.15, 0.2) is 0 Å². The summed E-state index contributed by atoms with van der Waals surface area (Å²) >= 11 is 0. The molecule has 0 radical (unpaired) electrons. The minimum absolute atomic E-state index is 0.307. The molecule has 1 heterocycles. The number of hydrogen-bond acceptors (Lipinski definition) is 2. The summed E-state index contributed by atoms with van der Waals surface area (Å²) in [6.07, 6.45) is 1.50. The monoisotopic (exact) mass is 196 g/mol. The van der Waals surface area contributed by atoms with Crippen molar-refractivity contribution < 1.29 is 4.42 Å². The molecule has 2 heteroatoms. The molecular weight excluding hydrogens is 188 g/mol. The van der Waals surface area contributed by atoms with Gasteiger partial charge in [0.2, 0.25) is 0 Å². The Hall–Kier alpha value is -2.09. The van der Waals surface area contributed by atoms with Gasteiger partial charge in [-0.05, 0) is 16.2 Å². The fourth-order valence-electron chi connectivity index (χ4n) is 1.85. The van der Waals surface area contributed by atoms with E-state index in [1.54, 1.807) is 0 Å². The summed E-state index contributed by atoms with van der Waals surface area (Å²) in [6, 6.07) is 13.5. The molecular formula is C13H8O2. The van der Waals surface area contributed by atoms with E-state index in [0.717, 1.165) is 21.5 Å². The van der Waals surface area contributed by atoms with Crippen molar-refractivity contribution in [3.8, 4) is 0 Å². The van der Waals surface area contributed by atoms with Crippen molar-refractivity contribution in [2.45, 2.75) is 0 Å². The maximum absolute atomic E-state index is 11.2. The van der Waals surface area contributed by atoms with Crippen LogP contribution in [-0.4, -0.2) is 0 Å². The van der Waals surface area contributed by atoms with Gasteiger partial charge in [-0.3, -0.25) is 0 Å². The van der Waals surface area contributed by atoms with Gasteiger partial charge in [0.1, 0.15) is 6.26 Å². The molecule has 1 aromatic heterocycles. The Labute approximate surface area is 85.8 Å². The standard InChI is InChI=1S/C13H8O2/c14-13-7-12-10(8-15-13)6-5-9-3-1-2-4-11(9)12/h1-8H. The van der Waals surface area contributed by atoms with Crippen molar-refractivity contribution >= 4 is 21.5 Å².